The van der Waals surface area contributed by atoms with Gasteiger partial charge < -0.3 is 10.3 Å². The zero-order valence-corrected chi connectivity index (χ0v) is 10.9. The molecule has 0 spiro atoms. The van der Waals surface area contributed by atoms with E-state index in [1.54, 1.807) is 0 Å². The molecule has 2 heterocycles. The quantitative estimate of drug-likeness (QED) is 0.852. The Kier molecular flexibility index (Phi) is 3.84. The van der Waals surface area contributed by atoms with E-state index in [1.165, 1.54) is 32.4 Å². The Balaban J connectivity index is 1.93. The van der Waals surface area contributed by atoms with Gasteiger partial charge in [-0.2, -0.15) is 0 Å². The highest BCUT2D eigenvalue weighted by Gasteiger charge is 2.34. The summed E-state index contributed by atoms with van der Waals surface area (Å²) < 4.78 is 5.28. The van der Waals surface area contributed by atoms with Gasteiger partial charge in [-0.1, -0.05) is 19.0 Å². The van der Waals surface area contributed by atoms with Crippen molar-refractivity contribution in [2.24, 2.45) is 11.1 Å². The molecule has 0 saturated carbocycles. The molecule has 4 nitrogen and oxygen atoms in total. The van der Waals surface area contributed by atoms with Crippen molar-refractivity contribution in [1.29, 1.82) is 0 Å². The molecule has 96 valence electrons. The van der Waals surface area contributed by atoms with Crippen LogP contribution in [0.1, 0.15) is 44.6 Å². The second-order valence-electron chi connectivity index (χ2n) is 5.16. The molecule has 1 aliphatic rings. The SMILES string of the molecule is CCC1(CC)CCN(Cc2cc(CN)no2)C1. The van der Waals surface area contributed by atoms with Gasteiger partial charge in [-0.3, -0.25) is 4.90 Å². The molecule has 17 heavy (non-hydrogen) atoms. The smallest absolute Gasteiger partial charge is 0.151 e. The number of hydrogen-bond acceptors (Lipinski definition) is 4. The number of likely N-dealkylation sites (tertiary alicyclic amines) is 1. The zero-order valence-electron chi connectivity index (χ0n) is 10.9. The zero-order chi connectivity index (χ0) is 12.3. The molecule has 0 aliphatic carbocycles. The lowest BCUT2D eigenvalue weighted by molar-refractivity contribution is 0.218. The highest BCUT2D eigenvalue weighted by atomic mass is 16.5. The van der Waals surface area contributed by atoms with Gasteiger partial charge in [0.05, 0.1) is 12.2 Å². The standard InChI is InChI=1S/C13H23N3O/c1-3-13(4-2)5-6-16(10-13)9-12-7-11(8-14)15-17-12/h7H,3-6,8-10,14H2,1-2H3. The van der Waals surface area contributed by atoms with Crippen molar-refractivity contribution in [3.8, 4) is 0 Å². The molecule has 1 aliphatic heterocycles. The average Bonchev–Trinajstić information content (AvgIpc) is 2.97. The summed E-state index contributed by atoms with van der Waals surface area (Å²) in [7, 11) is 0. The summed E-state index contributed by atoms with van der Waals surface area (Å²) in [6.45, 7) is 8.27. The molecule has 0 amide bonds. The van der Waals surface area contributed by atoms with Crippen molar-refractivity contribution >= 4 is 0 Å². The van der Waals surface area contributed by atoms with Crippen LogP contribution in [0, 0.1) is 5.41 Å². The number of aromatic nitrogens is 1. The van der Waals surface area contributed by atoms with E-state index >= 15 is 0 Å². The Hall–Kier alpha value is -0.870. The molecule has 2 rings (SSSR count). The number of nitrogens with zero attached hydrogens (tertiary/aromatic N) is 2. The van der Waals surface area contributed by atoms with Gasteiger partial charge in [0.15, 0.2) is 5.76 Å². The molecule has 4 heteroatoms. The van der Waals surface area contributed by atoms with E-state index in [2.05, 4.69) is 23.9 Å². The maximum atomic E-state index is 5.52. The molecule has 0 aromatic carbocycles. The topological polar surface area (TPSA) is 55.3 Å². The third-order valence-corrected chi connectivity index (χ3v) is 4.21. The molecule has 1 saturated heterocycles. The second-order valence-corrected chi connectivity index (χ2v) is 5.16. The second kappa shape index (κ2) is 5.19. The van der Waals surface area contributed by atoms with E-state index in [0.717, 1.165) is 18.0 Å². The van der Waals surface area contributed by atoms with Gasteiger partial charge in [0.25, 0.3) is 0 Å². The maximum Gasteiger partial charge on any atom is 0.151 e. The summed E-state index contributed by atoms with van der Waals surface area (Å²) in [5.74, 6) is 0.938. The van der Waals surface area contributed by atoms with Crippen LogP contribution in [0.15, 0.2) is 10.6 Å². The summed E-state index contributed by atoms with van der Waals surface area (Å²) >= 11 is 0. The summed E-state index contributed by atoms with van der Waals surface area (Å²) in [5, 5.41) is 3.93. The minimum Gasteiger partial charge on any atom is -0.360 e. The predicted octanol–water partition coefficient (Wildman–Crippen LogP) is 2.15. The number of hydrogen-bond donors (Lipinski definition) is 1. The van der Waals surface area contributed by atoms with Crippen LogP contribution in [0.2, 0.25) is 0 Å². The molecular weight excluding hydrogens is 214 g/mol. The Labute approximate surface area is 103 Å². The van der Waals surface area contributed by atoms with Gasteiger partial charge in [0, 0.05) is 19.2 Å². The van der Waals surface area contributed by atoms with Gasteiger partial charge in [0.2, 0.25) is 0 Å². The monoisotopic (exact) mass is 237 g/mol. The van der Waals surface area contributed by atoms with Crippen molar-refractivity contribution in [2.45, 2.75) is 46.2 Å². The van der Waals surface area contributed by atoms with Crippen LogP contribution in [0.4, 0.5) is 0 Å². The molecule has 0 radical (unpaired) electrons. The molecule has 1 aromatic rings. The van der Waals surface area contributed by atoms with Crippen molar-refractivity contribution in [1.82, 2.24) is 10.1 Å². The summed E-state index contributed by atoms with van der Waals surface area (Å²) in [6, 6.07) is 1.97. The van der Waals surface area contributed by atoms with Gasteiger partial charge >= 0.3 is 0 Å². The molecular formula is C13H23N3O. The number of nitrogens with two attached hydrogens (primary N) is 1. The Morgan fingerprint density at radius 1 is 1.47 bits per heavy atom. The maximum absolute atomic E-state index is 5.52. The minimum absolute atomic E-state index is 0.456. The lowest BCUT2D eigenvalue weighted by atomic mass is 9.82. The van der Waals surface area contributed by atoms with Gasteiger partial charge in [0.1, 0.15) is 0 Å². The van der Waals surface area contributed by atoms with E-state index < -0.39 is 0 Å². The summed E-state index contributed by atoms with van der Waals surface area (Å²) in [6.07, 6.45) is 3.84. The Morgan fingerprint density at radius 3 is 2.76 bits per heavy atom. The highest BCUT2D eigenvalue weighted by molar-refractivity contribution is 5.05. The van der Waals surface area contributed by atoms with Crippen molar-refractivity contribution in [3.63, 3.8) is 0 Å². The molecule has 1 fully saturated rings. The molecule has 2 N–H and O–H groups in total. The first-order valence-corrected chi connectivity index (χ1v) is 6.58. The van der Waals surface area contributed by atoms with E-state index in [9.17, 15) is 0 Å². The van der Waals surface area contributed by atoms with Crippen LogP contribution in [-0.2, 0) is 13.1 Å². The molecule has 0 unspecified atom stereocenters. The van der Waals surface area contributed by atoms with Gasteiger partial charge in [-0.15, -0.1) is 0 Å². The summed E-state index contributed by atoms with van der Waals surface area (Å²) in [5.41, 5.74) is 6.89. The van der Waals surface area contributed by atoms with Crippen LogP contribution in [0.25, 0.3) is 0 Å². The predicted molar refractivity (Wildman–Crippen MR) is 67.3 cm³/mol. The first-order chi connectivity index (χ1) is 8.21. The first-order valence-electron chi connectivity index (χ1n) is 6.58. The van der Waals surface area contributed by atoms with Crippen LogP contribution >= 0.6 is 0 Å². The van der Waals surface area contributed by atoms with Crippen molar-refractivity contribution in [2.75, 3.05) is 13.1 Å². The van der Waals surface area contributed by atoms with E-state index in [0.29, 0.717) is 12.0 Å². The van der Waals surface area contributed by atoms with E-state index in [1.807, 2.05) is 6.07 Å². The fourth-order valence-electron chi connectivity index (χ4n) is 2.74. The largest absolute Gasteiger partial charge is 0.360 e. The normalized spacial score (nSPS) is 19.9. The average molecular weight is 237 g/mol. The lowest BCUT2D eigenvalue weighted by Gasteiger charge is -2.26. The molecule has 0 atom stereocenters. The first kappa shape index (κ1) is 12.6. The summed E-state index contributed by atoms with van der Waals surface area (Å²) in [4.78, 5) is 2.47. The van der Waals surface area contributed by atoms with Crippen molar-refractivity contribution in [3.05, 3.63) is 17.5 Å². The van der Waals surface area contributed by atoms with Crippen LogP contribution in [-0.4, -0.2) is 23.1 Å². The van der Waals surface area contributed by atoms with Crippen molar-refractivity contribution < 1.29 is 4.52 Å². The van der Waals surface area contributed by atoms with Gasteiger partial charge in [-0.05, 0) is 31.2 Å². The molecule has 0 bridgehead atoms. The highest BCUT2D eigenvalue weighted by Crippen LogP contribution is 2.37. The molecule has 1 aromatic heterocycles. The third kappa shape index (κ3) is 2.69. The lowest BCUT2D eigenvalue weighted by Crippen LogP contribution is -2.25. The van der Waals surface area contributed by atoms with E-state index in [-0.39, 0.29) is 0 Å². The fraction of sp³-hybridized carbons (Fsp3) is 0.769. The van der Waals surface area contributed by atoms with Gasteiger partial charge in [-0.25, -0.2) is 0 Å². The van der Waals surface area contributed by atoms with Crippen LogP contribution < -0.4 is 5.73 Å². The minimum atomic E-state index is 0.456. The van der Waals surface area contributed by atoms with Crippen LogP contribution in [0.3, 0.4) is 0 Å². The van der Waals surface area contributed by atoms with Crippen LogP contribution in [0.5, 0.6) is 0 Å². The Morgan fingerprint density at radius 2 is 2.24 bits per heavy atom. The Bertz CT molecular complexity index is 357. The third-order valence-electron chi connectivity index (χ3n) is 4.21. The fourth-order valence-corrected chi connectivity index (χ4v) is 2.74. The van der Waals surface area contributed by atoms with E-state index in [4.69, 9.17) is 10.3 Å². The number of rotatable bonds is 5.